The van der Waals surface area contributed by atoms with Crippen molar-refractivity contribution in [3.63, 3.8) is 0 Å². The number of hydrogen-bond donors (Lipinski definition) is 7. The van der Waals surface area contributed by atoms with E-state index in [1.54, 1.807) is 42.5 Å². The van der Waals surface area contributed by atoms with Crippen LogP contribution in [0, 0.1) is 0 Å². The summed E-state index contributed by atoms with van der Waals surface area (Å²) >= 11 is 0. The van der Waals surface area contributed by atoms with Gasteiger partial charge in [0.25, 0.3) is 0 Å². The molecule has 2 aromatic rings. The number of aliphatic carboxylic acids is 2. The Morgan fingerprint density at radius 3 is 2.00 bits per heavy atom. The van der Waals surface area contributed by atoms with E-state index in [1.165, 1.54) is 12.1 Å². The molecule has 0 radical (unpaired) electrons. The topological polar surface area (TPSA) is 208 Å². The molecule has 37 heavy (non-hydrogen) atoms. The summed E-state index contributed by atoms with van der Waals surface area (Å²) in [6.07, 6.45) is -0.622. The maximum absolute atomic E-state index is 12.8. The number of aromatic hydroxyl groups is 1. The summed E-state index contributed by atoms with van der Waals surface area (Å²) in [6, 6.07) is 11.0. The first-order valence-electron chi connectivity index (χ1n) is 11.4. The van der Waals surface area contributed by atoms with Crippen LogP contribution in [0.4, 0.5) is 0 Å². The standard InChI is InChI=1S/C25H30N4O8/c26-18(12-16-6-8-17(30)9-7-16)23(34)27-14-21(31)28-19(10-11-22(32)33)24(35)29-20(25(36)37)13-15-4-2-1-3-5-15/h1-9,18-20,30H,10-14,26H2,(H,27,34)(H,28,31)(H,29,35)(H,32,33)(H,36,37). The number of nitrogens with two attached hydrogens (primary N) is 1. The third kappa shape index (κ3) is 10.4. The van der Waals surface area contributed by atoms with E-state index in [1.807, 2.05) is 0 Å². The van der Waals surface area contributed by atoms with Crippen LogP contribution < -0.4 is 21.7 Å². The van der Waals surface area contributed by atoms with Crippen LogP contribution in [0.1, 0.15) is 24.0 Å². The van der Waals surface area contributed by atoms with Gasteiger partial charge in [-0.05, 0) is 36.1 Å². The second kappa shape index (κ2) is 14.2. The van der Waals surface area contributed by atoms with Crippen molar-refractivity contribution in [3.8, 4) is 5.75 Å². The van der Waals surface area contributed by atoms with Gasteiger partial charge in [-0.2, -0.15) is 0 Å². The Labute approximate surface area is 212 Å². The van der Waals surface area contributed by atoms with Crippen LogP contribution in [0.15, 0.2) is 54.6 Å². The number of benzene rings is 2. The maximum atomic E-state index is 12.8. The van der Waals surface area contributed by atoms with Crippen molar-refractivity contribution < 1.29 is 39.3 Å². The van der Waals surface area contributed by atoms with E-state index >= 15 is 0 Å². The molecule has 8 N–H and O–H groups in total. The van der Waals surface area contributed by atoms with E-state index in [4.69, 9.17) is 10.8 Å². The summed E-state index contributed by atoms with van der Waals surface area (Å²) in [5, 5.41) is 34.9. The van der Waals surface area contributed by atoms with Crippen LogP contribution in [0.5, 0.6) is 5.75 Å². The van der Waals surface area contributed by atoms with Crippen molar-refractivity contribution >= 4 is 29.7 Å². The molecule has 0 fully saturated rings. The molecular weight excluding hydrogens is 484 g/mol. The summed E-state index contributed by atoms with van der Waals surface area (Å²) in [6.45, 7) is -0.536. The second-order valence-corrected chi connectivity index (χ2v) is 8.34. The Morgan fingerprint density at radius 2 is 1.41 bits per heavy atom. The molecule has 0 aliphatic carbocycles. The lowest BCUT2D eigenvalue weighted by Crippen LogP contribution is -2.54. The number of carbonyl (C=O) groups excluding carboxylic acids is 3. The lowest BCUT2D eigenvalue weighted by Gasteiger charge is -2.21. The predicted octanol–water partition coefficient (Wildman–Crippen LogP) is -0.460. The molecule has 3 amide bonds. The molecule has 0 aliphatic heterocycles. The van der Waals surface area contributed by atoms with E-state index < -0.39 is 60.8 Å². The fraction of sp³-hybridized carbons (Fsp3) is 0.320. The fourth-order valence-corrected chi connectivity index (χ4v) is 3.38. The quantitative estimate of drug-likeness (QED) is 0.174. The van der Waals surface area contributed by atoms with Crippen LogP contribution in [0.3, 0.4) is 0 Å². The molecule has 0 saturated heterocycles. The highest BCUT2D eigenvalue weighted by Gasteiger charge is 2.27. The van der Waals surface area contributed by atoms with Crippen molar-refractivity contribution in [2.75, 3.05) is 6.54 Å². The highest BCUT2D eigenvalue weighted by atomic mass is 16.4. The number of carbonyl (C=O) groups is 5. The van der Waals surface area contributed by atoms with Crippen LogP contribution in [0.2, 0.25) is 0 Å². The van der Waals surface area contributed by atoms with E-state index in [-0.39, 0.29) is 25.0 Å². The highest BCUT2D eigenvalue weighted by molar-refractivity contribution is 5.92. The van der Waals surface area contributed by atoms with Crippen molar-refractivity contribution in [3.05, 3.63) is 65.7 Å². The molecule has 2 rings (SSSR count). The summed E-state index contributed by atoms with van der Waals surface area (Å²) in [5.41, 5.74) is 7.21. The van der Waals surface area contributed by atoms with Gasteiger partial charge in [0.2, 0.25) is 17.7 Å². The molecule has 3 unspecified atom stereocenters. The van der Waals surface area contributed by atoms with E-state index in [0.717, 1.165) is 0 Å². The molecule has 0 aliphatic rings. The average Bonchev–Trinajstić information content (AvgIpc) is 2.86. The van der Waals surface area contributed by atoms with Gasteiger partial charge in [0.15, 0.2) is 0 Å². The van der Waals surface area contributed by atoms with Crippen LogP contribution in [-0.2, 0) is 36.8 Å². The highest BCUT2D eigenvalue weighted by Crippen LogP contribution is 2.11. The molecule has 12 heteroatoms. The number of phenolic OH excluding ortho intramolecular Hbond substituents is 1. The Bertz CT molecular complexity index is 1090. The third-order valence-electron chi connectivity index (χ3n) is 5.35. The summed E-state index contributed by atoms with van der Waals surface area (Å²) in [5.74, 6) is -4.73. The van der Waals surface area contributed by atoms with Crippen LogP contribution in [-0.4, -0.2) is 69.7 Å². The number of carboxylic acids is 2. The molecule has 12 nitrogen and oxygen atoms in total. The predicted molar refractivity (Wildman–Crippen MR) is 131 cm³/mol. The molecule has 3 atom stereocenters. The number of nitrogens with one attached hydrogen (secondary N) is 3. The molecule has 0 spiro atoms. The Hall–Kier alpha value is -4.45. The lowest BCUT2D eigenvalue weighted by molar-refractivity contribution is -0.143. The van der Waals surface area contributed by atoms with Crippen molar-refractivity contribution in [1.29, 1.82) is 0 Å². The average molecular weight is 515 g/mol. The van der Waals surface area contributed by atoms with Crippen molar-refractivity contribution in [2.45, 2.75) is 43.8 Å². The fourth-order valence-electron chi connectivity index (χ4n) is 3.38. The first kappa shape index (κ1) is 28.8. The Balaban J connectivity index is 1.95. The van der Waals surface area contributed by atoms with Gasteiger partial charge in [-0.15, -0.1) is 0 Å². The van der Waals surface area contributed by atoms with Gasteiger partial charge < -0.3 is 37.0 Å². The zero-order valence-corrected chi connectivity index (χ0v) is 19.9. The zero-order chi connectivity index (χ0) is 27.4. The normalized spacial score (nSPS) is 13.0. The molecule has 0 heterocycles. The Morgan fingerprint density at radius 1 is 0.784 bits per heavy atom. The summed E-state index contributed by atoms with van der Waals surface area (Å²) in [4.78, 5) is 60.1. The summed E-state index contributed by atoms with van der Waals surface area (Å²) in [7, 11) is 0. The lowest BCUT2D eigenvalue weighted by atomic mass is 10.0. The molecule has 0 aromatic heterocycles. The maximum Gasteiger partial charge on any atom is 0.326 e. The van der Waals surface area contributed by atoms with Crippen LogP contribution >= 0.6 is 0 Å². The van der Waals surface area contributed by atoms with E-state index in [0.29, 0.717) is 11.1 Å². The first-order valence-corrected chi connectivity index (χ1v) is 11.4. The molecular formula is C25H30N4O8. The number of carboxylic acid groups (broad SMARTS) is 2. The summed E-state index contributed by atoms with van der Waals surface area (Å²) < 4.78 is 0. The number of rotatable bonds is 14. The minimum Gasteiger partial charge on any atom is -0.508 e. The van der Waals surface area contributed by atoms with Gasteiger partial charge in [0, 0.05) is 12.8 Å². The van der Waals surface area contributed by atoms with Gasteiger partial charge in [-0.1, -0.05) is 42.5 Å². The number of amides is 3. The zero-order valence-electron chi connectivity index (χ0n) is 19.9. The first-order chi connectivity index (χ1) is 17.5. The Kier molecular flexibility index (Phi) is 11.0. The number of hydrogen-bond acceptors (Lipinski definition) is 7. The van der Waals surface area contributed by atoms with Gasteiger partial charge in [-0.3, -0.25) is 19.2 Å². The van der Waals surface area contributed by atoms with Crippen molar-refractivity contribution in [1.82, 2.24) is 16.0 Å². The minimum absolute atomic E-state index is 0.0174. The van der Waals surface area contributed by atoms with Gasteiger partial charge in [0.05, 0.1) is 12.6 Å². The molecule has 0 bridgehead atoms. The minimum atomic E-state index is -1.34. The monoisotopic (exact) mass is 514 g/mol. The molecule has 198 valence electrons. The SMILES string of the molecule is NC(Cc1ccc(O)cc1)C(=O)NCC(=O)NC(CCC(=O)O)C(=O)NC(Cc1ccccc1)C(=O)O. The second-order valence-electron chi connectivity index (χ2n) is 8.34. The smallest absolute Gasteiger partial charge is 0.326 e. The van der Waals surface area contributed by atoms with E-state index in [2.05, 4.69) is 16.0 Å². The van der Waals surface area contributed by atoms with Gasteiger partial charge >= 0.3 is 11.9 Å². The third-order valence-corrected chi connectivity index (χ3v) is 5.35. The van der Waals surface area contributed by atoms with E-state index in [9.17, 15) is 34.2 Å². The molecule has 0 saturated carbocycles. The molecule has 2 aromatic carbocycles. The van der Waals surface area contributed by atoms with Crippen molar-refractivity contribution in [2.24, 2.45) is 5.73 Å². The van der Waals surface area contributed by atoms with Gasteiger partial charge in [0.1, 0.15) is 17.8 Å². The number of phenols is 1. The van der Waals surface area contributed by atoms with Gasteiger partial charge in [-0.25, -0.2) is 4.79 Å². The van der Waals surface area contributed by atoms with Crippen LogP contribution in [0.25, 0.3) is 0 Å². The largest absolute Gasteiger partial charge is 0.508 e.